The molecule has 0 saturated carbocycles. The molecular weight excluding hydrogens is 288 g/mol. The number of rotatable bonds is 5. The smallest absolute Gasteiger partial charge is 0.273 e. The van der Waals surface area contributed by atoms with Crippen LogP contribution in [0.1, 0.15) is 0 Å². The molecule has 0 atom stereocenters. The number of fused-ring (bicyclic) bond motifs is 1. The van der Waals surface area contributed by atoms with Gasteiger partial charge in [0.25, 0.3) is 15.8 Å². The van der Waals surface area contributed by atoms with Crippen LogP contribution in [0, 0.1) is 10.1 Å². The normalized spacial score (nSPS) is 14.6. The molecule has 0 fully saturated rings. The summed E-state index contributed by atoms with van der Waals surface area (Å²) in [5, 5.41) is 10.7. The van der Waals surface area contributed by atoms with Crippen LogP contribution in [0.4, 0.5) is 11.4 Å². The number of non-ortho nitro benzene ring substituents is 1. The Morgan fingerprint density at radius 3 is 2.90 bits per heavy atom. The first-order valence-corrected chi connectivity index (χ1v) is 7.69. The second kappa shape index (κ2) is 5.63. The predicted molar refractivity (Wildman–Crippen MR) is 71.6 cm³/mol. The summed E-state index contributed by atoms with van der Waals surface area (Å²) in [6.45, 7) is 1.33. The van der Waals surface area contributed by atoms with Gasteiger partial charge in [-0.25, -0.2) is 0 Å². The molecule has 0 bridgehead atoms. The van der Waals surface area contributed by atoms with E-state index in [1.54, 1.807) is 6.07 Å². The first-order chi connectivity index (χ1) is 9.37. The maximum Gasteiger partial charge on any atom is 0.273 e. The van der Waals surface area contributed by atoms with E-state index in [4.69, 9.17) is 8.92 Å². The summed E-state index contributed by atoms with van der Waals surface area (Å²) in [5.41, 5.74) is 0.650. The van der Waals surface area contributed by atoms with E-state index in [-0.39, 0.29) is 12.3 Å². The van der Waals surface area contributed by atoms with Crippen LogP contribution < -0.4 is 9.64 Å². The van der Waals surface area contributed by atoms with Gasteiger partial charge in [-0.3, -0.25) is 14.3 Å². The second-order valence-electron chi connectivity index (χ2n) is 4.27. The Bertz CT molecular complexity index is 615. The maximum atomic E-state index is 10.9. The fraction of sp³-hybridized carbons (Fsp3) is 0.455. The second-order valence-corrected chi connectivity index (χ2v) is 5.91. The minimum absolute atomic E-state index is 0.0231. The van der Waals surface area contributed by atoms with E-state index in [2.05, 4.69) is 0 Å². The number of benzene rings is 1. The molecule has 0 radical (unpaired) electrons. The molecule has 1 aliphatic rings. The van der Waals surface area contributed by atoms with Gasteiger partial charge in [0.2, 0.25) is 0 Å². The Morgan fingerprint density at radius 1 is 1.50 bits per heavy atom. The molecule has 20 heavy (non-hydrogen) atoms. The van der Waals surface area contributed by atoms with Crippen molar-refractivity contribution in [2.45, 2.75) is 0 Å². The summed E-state index contributed by atoms with van der Waals surface area (Å²) in [5.74, 6) is 0.421. The van der Waals surface area contributed by atoms with Gasteiger partial charge in [0.05, 0.1) is 36.1 Å². The summed E-state index contributed by atoms with van der Waals surface area (Å²) in [6.07, 6.45) is 0.990. The zero-order valence-electron chi connectivity index (χ0n) is 10.8. The molecule has 8 nitrogen and oxygen atoms in total. The quantitative estimate of drug-likeness (QED) is 0.450. The highest BCUT2D eigenvalue weighted by atomic mass is 32.2. The van der Waals surface area contributed by atoms with Gasteiger partial charge in [-0.2, -0.15) is 8.42 Å². The number of nitrogens with zero attached hydrogens (tertiary/aromatic N) is 2. The lowest BCUT2D eigenvalue weighted by atomic mass is 10.2. The molecule has 0 aromatic heterocycles. The highest BCUT2D eigenvalue weighted by Crippen LogP contribution is 2.34. The SMILES string of the molecule is CS(=O)(=O)OCCN1CCOc2cc([N+](=O)[O-])ccc21. The van der Waals surface area contributed by atoms with Crippen molar-refractivity contribution in [3.8, 4) is 5.75 Å². The van der Waals surface area contributed by atoms with Gasteiger partial charge >= 0.3 is 0 Å². The minimum atomic E-state index is -3.47. The van der Waals surface area contributed by atoms with Crippen LogP contribution in [-0.2, 0) is 14.3 Å². The summed E-state index contributed by atoms with van der Waals surface area (Å²) in [6, 6.07) is 4.34. The van der Waals surface area contributed by atoms with Crippen molar-refractivity contribution in [3.63, 3.8) is 0 Å². The van der Waals surface area contributed by atoms with E-state index in [1.165, 1.54) is 12.1 Å². The lowest BCUT2D eigenvalue weighted by molar-refractivity contribution is -0.384. The zero-order chi connectivity index (χ0) is 14.8. The number of ether oxygens (including phenoxy) is 1. The van der Waals surface area contributed by atoms with Crippen molar-refractivity contribution < 1.29 is 22.3 Å². The summed E-state index contributed by atoms with van der Waals surface area (Å²) < 4.78 is 31.9. The van der Waals surface area contributed by atoms with Crippen LogP contribution >= 0.6 is 0 Å². The molecule has 9 heteroatoms. The maximum absolute atomic E-state index is 10.9. The molecular formula is C11H14N2O6S. The third kappa shape index (κ3) is 3.58. The van der Waals surface area contributed by atoms with Gasteiger partial charge in [0, 0.05) is 12.6 Å². The molecule has 2 rings (SSSR count). The Balaban J connectivity index is 2.10. The fourth-order valence-corrected chi connectivity index (χ4v) is 2.29. The van der Waals surface area contributed by atoms with Crippen molar-refractivity contribution in [1.29, 1.82) is 0 Å². The standard InChI is InChI=1S/C11H14N2O6S/c1-20(16,17)19-7-5-12-4-6-18-11-8-9(13(14)15)2-3-10(11)12/h2-3,8H,4-7H2,1H3. The van der Waals surface area contributed by atoms with Gasteiger partial charge < -0.3 is 9.64 Å². The van der Waals surface area contributed by atoms with E-state index in [0.717, 1.165) is 6.26 Å². The minimum Gasteiger partial charge on any atom is -0.489 e. The van der Waals surface area contributed by atoms with E-state index < -0.39 is 15.0 Å². The molecule has 1 heterocycles. The largest absolute Gasteiger partial charge is 0.489 e. The van der Waals surface area contributed by atoms with E-state index in [9.17, 15) is 18.5 Å². The van der Waals surface area contributed by atoms with Crippen LogP contribution in [0.2, 0.25) is 0 Å². The number of nitro groups is 1. The fourth-order valence-electron chi connectivity index (χ4n) is 1.91. The highest BCUT2D eigenvalue weighted by molar-refractivity contribution is 7.85. The highest BCUT2D eigenvalue weighted by Gasteiger charge is 2.21. The molecule has 0 N–H and O–H groups in total. The van der Waals surface area contributed by atoms with Gasteiger partial charge in [0.1, 0.15) is 12.4 Å². The molecule has 0 spiro atoms. The van der Waals surface area contributed by atoms with Gasteiger partial charge in [0.15, 0.2) is 0 Å². The molecule has 0 unspecified atom stereocenters. The lowest BCUT2D eigenvalue weighted by Crippen LogP contribution is -2.35. The van der Waals surface area contributed by atoms with E-state index in [0.29, 0.717) is 31.1 Å². The number of hydrogen-bond acceptors (Lipinski definition) is 7. The molecule has 110 valence electrons. The molecule has 1 aromatic carbocycles. The van der Waals surface area contributed by atoms with Crippen molar-refractivity contribution in [3.05, 3.63) is 28.3 Å². The van der Waals surface area contributed by atoms with Crippen LogP contribution in [0.25, 0.3) is 0 Å². The summed E-state index contributed by atoms with van der Waals surface area (Å²) >= 11 is 0. The van der Waals surface area contributed by atoms with Crippen LogP contribution in [0.5, 0.6) is 5.75 Å². The number of hydrogen-bond donors (Lipinski definition) is 0. The molecule has 0 aliphatic carbocycles. The molecule has 0 amide bonds. The first kappa shape index (κ1) is 14.5. The Morgan fingerprint density at radius 2 is 2.25 bits per heavy atom. The summed E-state index contributed by atoms with van der Waals surface area (Å²) in [4.78, 5) is 12.1. The van der Waals surface area contributed by atoms with E-state index >= 15 is 0 Å². The molecule has 1 aromatic rings. The van der Waals surface area contributed by atoms with Crippen molar-refractivity contribution >= 4 is 21.5 Å². The predicted octanol–water partition coefficient (Wildman–Crippen LogP) is 0.770. The van der Waals surface area contributed by atoms with Gasteiger partial charge in [-0.05, 0) is 6.07 Å². The Labute approximate surface area is 116 Å². The van der Waals surface area contributed by atoms with E-state index in [1.807, 2.05) is 4.90 Å². The Hall–Kier alpha value is -1.87. The van der Waals surface area contributed by atoms with Crippen molar-refractivity contribution in [2.24, 2.45) is 0 Å². The summed E-state index contributed by atoms with van der Waals surface area (Å²) in [7, 11) is -3.47. The third-order valence-corrected chi connectivity index (χ3v) is 3.37. The van der Waals surface area contributed by atoms with Crippen molar-refractivity contribution in [2.75, 3.05) is 37.5 Å². The monoisotopic (exact) mass is 302 g/mol. The lowest BCUT2D eigenvalue weighted by Gasteiger charge is -2.30. The first-order valence-electron chi connectivity index (χ1n) is 5.87. The average Bonchev–Trinajstić information content (AvgIpc) is 2.36. The molecule has 1 aliphatic heterocycles. The Kier molecular flexibility index (Phi) is 4.09. The van der Waals surface area contributed by atoms with Gasteiger partial charge in [-0.1, -0.05) is 0 Å². The third-order valence-electron chi connectivity index (χ3n) is 2.77. The average molecular weight is 302 g/mol. The zero-order valence-corrected chi connectivity index (χ0v) is 11.6. The number of anilines is 1. The van der Waals surface area contributed by atoms with Crippen molar-refractivity contribution in [1.82, 2.24) is 0 Å². The van der Waals surface area contributed by atoms with Crippen LogP contribution in [0.15, 0.2) is 18.2 Å². The number of nitro benzene ring substituents is 1. The van der Waals surface area contributed by atoms with Gasteiger partial charge in [-0.15, -0.1) is 0 Å². The molecule has 0 saturated heterocycles. The van der Waals surface area contributed by atoms with Crippen LogP contribution in [-0.4, -0.2) is 45.9 Å². The van der Waals surface area contributed by atoms with Crippen LogP contribution in [0.3, 0.4) is 0 Å². The topological polar surface area (TPSA) is 99.0 Å².